The Morgan fingerprint density at radius 1 is 1.18 bits per heavy atom. The summed E-state index contributed by atoms with van der Waals surface area (Å²) in [4.78, 5) is 11.3. The normalized spacial score (nSPS) is 10.6. The number of hydrogen-bond donors (Lipinski definition) is 0. The zero-order valence-electron chi connectivity index (χ0n) is 12.3. The SMILES string of the molecule is CCOC(=O)/C=C/c1cccc(OCc2ccc(Cl)cc2)c1. The average Bonchev–Trinajstić information content (AvgIpc) is 2.53. The first-order valence-electron chi connectivity index (χ1n) is 6.99. The number of carbonyl (C=O) groups excluding carboxylic acids is 1. The number of benzene rings is 2. The molecule has 0 saturated heterocycles. The lowest BCUT2D eigenvalue weighted by molar-refractivity contribution is -0.137. The van der Waals surface area contributed by atoms with Gasteiger partial charge in [0.2, 0.25) is 0 Å². The molecule has 0 heterocycles. The Bertz CT molecular complexity index is 648. The molecule has 114 valence electrons. The van der Waals surface area contributed by atoms with Crippen LogP contribution in [0.5, 0.6) is 5.75 Å². The van der Waals surface area contributed by atoms with Crippen LogP contribution in [0.1, 0.15) is 18.1 Å². The molecule has 0 atom stereocenters. The predicted molar refractivity (Wildman–Crippen MR) is 87.9 cm³/mol. The highest BCUT2D eigenvalue weighted by Gasteiger charge is 1.99. The Labute approximate surface area is 135 Å². The fourth-order valence-corrected chi connectivity index (χ4v) is 1.94. The summed E-state index contributed by atoms with van der Waals surface area (Å²) < 4.78 is 10.6. The molecule has 0 fully saturated rings. The van der Waals surface area contributed by atoms with Gasteiger partial charge < -0.3 is 9.47 Å². The lowest BCUT2D eigenvalue weighted by Crippen LogP contribution is -1.98. The van der Waals surface area contributed by atoms with Crippen LogP contribution in [0.3, 0.4) is 0 Å². The molecule has 0 radical (unpaired) electrons. The molecule has 3 nitrogen and oxygen atoms in total. The Balaban J connectivity index is 1.96. The van der Waals surface area contributed by atoms with Crippen LogP contribution in [0.4, 0.5) is 0 Å². The number of hydrogen-bond acceptors (Lipinski definition) is 3. The van der Waals surface area contributed by atoms with Gasteiger partial charge in [0.15, 0.2) is 0 Å². The van der Waals surface area contributed by atoms with E-state index in [1.807, 2.05) is 48.5 Å². The van der Waals surface area contributed by atoms with Gasteiger partial charge in [-0.05, 0) is 48.4 Å². The van der Waals surface area contributed by atoms with Crippen molar-refractivity contribution in [2.24, 2.45) is 0 Å². The van der Waals surface area contributed by atoms with E-state index in [4.69, 9.17) is 21.1 Å². The van der Waals surface area contributed by atoms with Crippen LogP contribution >= 0.6 is 11.6 Å². The Morgan fingerprint density at radius 2 is 1.95 bits per heavy atom. The largest absolute Gasteiger partial charge is 0.489 e. The van der Waals surface area contributed by atoms with Crippen LogP contribution in [0, 0.1) is 0 Å². The second-order valence-corrected chi connectivity index (χ2v) is 5.01. The minimum Gasteiger partial charge on any atom is -0.489 e. The van der Waals surface area contributed by atoms with Gasteiger partial charge in [-0.2, -0.15) is 0 Å². The van der Waals surface area contributed by atoms with E-state index >= 15 is 0 Å². The molecule has 0 N–H and O–H groups in total. The lowest BCUT2D eigenvalue weighted by Gasteiger charge is -2.07. The van der Waals surface area contributed by atoms with Crippen LogP contribution in [0.2, 0.25) is 5.02 Å². The van der Waals surface area contributed by atoms with E-state index in [9.17, 15) is 4.79 Å². The molecule has 0 saturated carbocycles. The molecule has 0 aliphatic carbocycles. The van der Waals surface area contributed by atoms with Gasteiger partial charge >= 0.3 is 5.97 Å². The van der Waals surface area contributed by atoms with Gasteiger partial charge in [-0.25, -0.2) is 4.79 Å². The maximum absolute atomic E-state index is 11.3. The van der Waals surface area contributed by atoms with Crippen LogP contribution < -0.4 is 4.74 Å². The van der Waals surface area contributed by atoms with Gasteiger partial charge in [0.1, 0.15) is 12.4 Å². The molecule has 0 aliphatic rings. The van der Waals surface area contributed by atoms with E-state index in [1.165, 1.54) is 6.08 Å². The molecule has 2 aromatic carbocycles. The summed E-state index contributed by atoms with van der Waals surface area (Å²) in [5, 5.41) is 0.704. The van der Waals surface area contributed by atoms with Crippen molar-refractivity contribution < 1.29 is 14.3 Å². The van der Waals surface area contributed by atoms with Crippen molar-refractivity contribution in [2.75, 3.05) is 6.61 Å². The highest BCUT2D eigenvalue weighted by atomic mass is 35.5. The van der Waals surface area contributed by atoms with Crippen molar-refractivity contribution in [3.8, 4) is 5.75 Å². The van der Waals surface area contributed by atoms with Crippen molar-refractivity contribution in [1.82, 2.24) is 0 Å². The summed E-state index contributed by atoms with van der Waals surface area (Å²) in [6.07, 6.45) is 3.11. The van der Waals surface area contributed by atoms with Crippen molar-refractivity contribution in [2.45, 2.75) is 13.5 Å². The Kier molecular flexibility index (Phi) is 6.04. The molecule has 0 spiro atoms. The summed E-state index contributed by atoms with van der Waals surface area (Å²) >= 11 is 5.85. The van der Waals surface area contributed by atoms with E-state index in [0.29, 0.717) is 18.2 Å². The maximum Gasteiger partial charge on any atom is 0.330 e. The van der Waals surface area contributed by atoms with Crippen LogP contribution in [-0.4, -0.2) is 12.6 Å². The standard InChI is InChI=1S/C18H17ClO3/c1-2-21-18(20)11-8-14-4-3-5-17(12-14)22-13-15-6-9-16(19)10-7-15/h3-12H,2,13H2,1H3/b11-8+. The van der Waals surface area contributed by atoms with E-state index in [-0.39, 0.29) is 5.97 Å². The van der Waals surface area contributed by atoms with Crippen molar-refractivity contribution in [3.05, 3.63) is 70.8 Å². The highest BCUT2D eigenvalue weighted by molar-refractivity contribution is 6.30. The molecule has 0 aliphatic heterocycles. The van der Waals surface area contributed by atoms with E-state index in [0.717, 1.165) is 16.9 Å². The number of ether oxygens (including phenoxy) is 2. The minimum atomic E-state index is -0.352. The molecular formula is C18H17ClO3. The molecule has 0 amide bonds. The zero-order chi connectivity index (χ0) is 15.8. The minimum absolute atomic E-state index is 0.352. The molecular weight excluding hydrogens is 300 g/mol. The third kappa shape index (κ3) is 5.26. The highest BCUT2D eigenvalue weighted by Crippen LogP contribution is 2.17. The van der Waals surface area contributed by atoms with Crippen LogP contribution in [0.25, 0.3) is 6.08 Å². The first kappa shape index (κ1) is 16.1. The third-order valence-corrected chi connectivity index (χ3v) is 3.13. The average molecular weight is 317 g/mol. The molecule has 0 unspecified atom stereocenters. The monoisotopic (exact) mass is 316 g/mol. The number of esters is 1. The molecule has 22 heavy (non-hydrogen) atoms. The fraction of sp³-hybridized carbons (Fsp3) is 0.167. The quantitative estimate of drug-likeness (QED) is 0.581. The molecule has 0 bridgehead atoms. The third-order valence-electron chi connectivity index (χ3n) is 2.88. The first-order chi connectivity index (χ1) is 10.7. The van der Waals surface area contributed by atoms with Gasteiger partial charge in [0.05, 0.1) is 6.61 Å². The summed E-state index contributed by atoms with van der Waals surface area (Å²) in [5.74, 6) is 0.385. The number of rotatable bonds is 6. The second-order valence-electron chi connectivity index (χ2n) is 4.57. The van der Waals surface area contributed by atoms with Crippen LogP contribution in [-0.2, 0) is 16.1 Å². The van der Waals surface area contributed by atoms with Crippen LogP contribution in [0.15, 0.2) is 54.6 Å². The zero-order valence-corrected chi connectivity index (χ0v) is 13.0. The van der Waals surface area contributed by atoms with Crippen molar-refractivity contribution >= 4 is 23.6 Å². The summed E-state index contributed by atoms with van der Waals surface area (Å²) in [7, 11) is 0. The summed E-state index contributed by atoms with van der Waals surface area (Å²) in [5.41, 5.74) is 1.92. The van der Waals surface area contributed by atoms with Gasteiger partial charge in [-0.1, -0.05) is 35.9 Å². The molecule has 4 heteroatoms. The Hall–Kier alpha value is -2.26. The predicted octanol–water partition coefficient (Wildman–Crippen LogP) is 4.50. The molecule has 0 aromatic heterocycles. The summed E-state index contributed by atoms with van der Waals surface area (Å²) in [6, 6.07) is 15.0. The summed E-state index contributed by atoms with van der Waals surface area (Å²) in [6.45, 7) is 2.60. The van der Waals surface area contributed by atoms with Gasteiger partial charge in [-0.3, -0.25) is 0 Å². The van der Waals surface area contributed by atoms with Gasteiger partial charge in [0, 0.05) is 11.1 Å². The maximum atomic E-state index is 11.3. The smallest absolute Gasteiger partial charge is 0.330 e. The van der Waals surface area contributed by atoms with E-state index < -0.39 is 0 Å². The lowest BCUT2D eigenvalue weighted by atomic mass is 10.2. The van der Waals surface area contributed by atoms with E-state index in [1.54, 1.807) is 13.0 Å². The van der Waals surface area contributed by atoms with E-state index in [2.05, 4.69) is 0 Å². The second kappa shape index (κ2) is 8.25. The Morgan fingerprint density at radius 3 is 2.68 bits per heavy atom. The van der Waals surface area contributed by atoms with Gasteiger partial charge in [-0.15, -0.1) is 0 Å². The topological polar surface area (TPSA) is 35.5 Å². The first-order valence-corrected chi connectivity index (χ1v) is 7.37. The number of carbonyl (C=O) groups is 1. The van der Waals surface area contributed by atoms with Gasteiger partial charge in [0.25, 0.3) is 0 Å². The van der Waals surface area contributed by atoms with Crippen molar-refractivity contribution in [1.29, 1.82) is 0 Å². The number of halogens is 1. The molecule has 2 aromatic rings. The fourth-order valence-electron chi connectivity index (χ4n) is 1.81. The molecule has 2 rings (SSSR count). The van der Waals surface area contributed by atoms with Crippen molar-refractivity contribution in [3.63, 3.8) is 0 Å².